The Morgan fingerprint density at radius 1 is 0.860 bits per heavy atom. The summed E-state index contributed by atoms with van der Waals surface area (Å²) in [4.78, 5) is 19.8. The molecule has 256 valence electrons. The van der Waals surface area contributed by atoms with E-state index in [4.69, 9.17) is 24.3 Å². The molecule has 2 atom stereocenters. The number of hydrogen-bond donors (Lipinski definition) is 3. The number of methoxy groups -OCH3 is 1. The molecular formula is C41H40BrN3O5. The fraction of sp³-hybridized carbons (Fsp3) is 0.220. The van der Waals surface area contributed by atoms with Crippen molar-refractivity contribution in [3.05, 3.63) is 154 Å². The molecule has 0 radical (unpaired) electrons. The van der Waals surface area contributed by atoms with E-state index in [2.05, 4.69) is 51.0 Å². The maximum absolute atomic E-state index is 14.6. The Labute approximate surface area is 301 Å². The third-order valence-electron chi connectivity index (χ3n) is 8.64. The first-order valence-corrected chi connectivity index (χ1v) is 17.4. The molecule has 8 nitrogen and oxygen atoms in total. The number of carbonyl (C=O) groups is 1. The number of aliphatic hydroxyl groups excluding tert-OH is 1. The van der Waals surface area contributed by atoms with Gasteiger partial charge in [0.1, 0.15) is 11.5 Å². The van der Waals surface area contributed by atoms with Gasteiger partial charge in [0.15, 0.2) is 11.6 Å². The number of hydrogen-bond acceptors (Lipinski definition) is 7. The number of aliphatic hydroxyl groups is 1. The molecule has 0 fully saturated rings. The Hall–Kier alpha value is -4.96. The molecule has 1 aliphatic rings. The van der Waals surface area contributed by atoms with Crippen LogP contribution in [-0.2, 0) is 22.4 Å². The summed E-state index contributed by atoms with van der Waals surface area (Å²) in [6, 6.07) is 41.5. The van der Waals surface area contributed by atoms with Crippen LogP contribution in [0.1, 0.15) is 34.8 Å². The SMILES string of the molecule is COc1cccc(CCNNC(=O)[C@@]2(Cc3ccccc3Br)N=C(c3ccc(OCCCO)cc3)O[C@H]2c2ccc(-c3ccccc3)cc2)c1. The highest BCUT2D eigenvalue weighted by molar-refractivity contribution is 9.10. The molecule has 1 amide bonds. The maximum Gasteiger partial charge on any atom is 0.266 e. The number of rotatable bonds is 15. The minimum atomic E-state index is -1.37. The van der Waals surface area contributed by atoms with Crippen molar-refractivity contribution in [1.82, 2.24) is 10.9 Å². The second kappa shape index (κ2) is 16.6. The monoisotopic (exact) mass is 733 g/mol. The third kappa shape index (κ3) is 8.25. The highest BCUT2D eigenvalue weighted by Crippen LogP contribution is 2.43. The summed E-state index contributed by atoms with van der Waals surface area (Å²) in [6.07, 6.45) is 0.754. The number of benzene rings is 5. The first kappa shape index (κ1) is 34.9. The van der Waals surface area contributed by atoms with Crippen LogP contribution in [0.4, 0.5) is 0 Å². The molecule has 1 heterocycles. The molecule has 5 aromatic rings. The van der Waals surface area contributed by atoms with Gasteiger partial charge in [0, 0.05) is 36.0 Å². The van der Waals surface area contributed by atoms with Gasteiger partial charge in [-0.1, -0.05) is 101 Å². The zero-order valence-corrected chi connectivity index (χ0v) is 29.4. The predicted octanol–water partition coefficient (Wildman–Crippen LogP) is 7.25. The molecule has 0 bridgehead atoms. The van der Waals surface area contributed by atoms with Gasteiger partial charge in [-0.05, 0) is 76.7 Å². The lowest BCUT2D eigenvalue weighted by molar-refractivity contribution is -0.130. The first-order chi connectivity index (χ1) is 24.5. The maximum atomic E-state index is 14.6. The fourth-order valence-electron chi connectivity index (χ4n) is 5.98. The van der Waals surface area contributed by atoms with Crippen LogP contribution in [0.3, 0.4) is 0 Å². The lowest BCUT2D eigenvalue weighted by Crippen LogP contribution is -2.54. The summed E-state index contributed by atoms with van der Waals surface area (Å²) in [5.74, 6) is 1.51. The van der Waals surface area contributed by atoms with Crippen molar-refractivity contribution in [2.75, 3.05) is 26.9 Å². The van der Waals surface area contributed by atoms with Crippen molar-refractivity contribution in [3.8, 4) is 22.6 Å². The molecular weight excluding hydrogens is 694 g/mol. The molecule has 9 heteroatoms. The van der Waals surface area contributed by atoms with Crippen molar-refractivity contribution in [2.45, 2.75) is 30.9 Å². The molecule has 5 aromatic carbocycles. The normalized spacial score (nSPS) is 16.7. The summed E-state index contributed by atoms with van der Waals surface area (Å²) in [6.45, 7) is 0.970. The lowest BCUT2D eigenvalue weighted by atomic mass is 9.82. The molecule has 0 unspecified atom stereocenters. The molecule has 0 aromatic heterocycles. The molecule has 3 N–H and O–H groups in total. The smallest absolute Gasteiger partial charge is 0.266 e. The van der Waals surface area contributed by atoms with Crippen molar-refractivity contribution >= 4 is 27.7 Å². The highest BCUT2D eigenvalue weighted by Gasteiger charge is 2.53. The highest BCUT2D eigenvalue weighted by atomic mass is 79.9. The van der Waals surface area contributed by atoms with E-state index >= 15 is 0 Å². The molecule has 1 aliphatic heterocycles. The fourth-order valence-corrected chi connectivity index (χ4v) is 6.41. The largest absolute Gasteiger partial charge is 0.497 e. The van der Waals surface area contributed by atoms with Crippen LogP contribution in [0.2, 0.25) is 0 Å². The third-order valence-corrected chi connectivity index (χ3v) is 9.42. The molecule has 50 heavy (non-hydrogen) atoms. The number of ether oxygens (including phenoxy) is 3. The standard InChI is InChI=1S/C41H40BrN3O5/c1-48-36-13-7-9-29(27-36)23-24-43-45-40(47)41(28-34-12-5-6-14-37(34)42)38(32-17-15-31(16-18-32)30-10-3-2-4-11-30)50-39(44-41)33-19-21-35(22-20-33)49-26-8-25-46/h2-7,9-22,27,38,43,46H,8,23-26,28H2,1H3,(H,45,47)/t38-,41-/m0/s1. The van der Waals surface area contributed by atoms with Crippen molar-refractivity contribution < 1.29 is 24.1 Å². The van der Waals surface area contributed by atoms with E-state index < -0.39 is 11.6 Å². The van der Waals surface area contributed by atoms with E-state index in [1.165, 1.54) is 0 Å². The number of nitrogens with zero attached hydrogens (tertiary/aromatic N) is 1. The molecule has 0 spiro atoms. The zero-order valence-electron chi connectivity index (χ0n) is 27.8. The Morgan fingerprint density at radius 2 is 1.58 bits per heavy atom. The van der Waals surface area contributed by atoms with Gasteiger partial charge in [-0.2, -0.15) is 0 Å². The van der Waals surface area contributed by atoms with Gasteiger partial charge in [0.05, 0.1) is 13.7 Å². The van der Waals surface area contributed by atoms with Crippen LogP contribution in [0, 0.1) is 0 Å². The number of amides is 1. The van der Waals surface area contributed by atoms with Gasteiger partial charge in [-0.15, -0.1) is 0 Å². The zero-order chi connectivity index (χ0) is 34.8. The summed E-state index contributed by atoms with van der Waals surface area (Å²) in [7, 11) is 1.65. The lowest BCUT2D eigenvalue weighted by Gasteiger charge is -2.31. The molecule has 0 saturated heterocycles. The van der Waals surface area contributed by atoms with Gasteiger partial charge in [0.2, 0.25) is 5.90 Å². The summed E-state index contributed by atoms with van der Waals surface area (Å²) < 4.78 is 18.7. The quantitative estimate of drug-likeness (QED) is 0.0775. The van der Waals surface area contributed by atoms with E-state index in [1.807, 2.05) is 103 Å². The Balaban J connectivity index is 1.34. The van der Waals surface area contributed by atoms with E-state index in [0.29, 0.717) is 37.6 Å². The van der Waals surface area contributed by atoms with Crippen LogP contribution in [0.25, 0.3) is 11.1 Å². The van der Waals surface area contributed by atoms with Crippen LogP contribution in [0.15, 0.2) is 137 Å². The van der Waals surface area contributed by atoms with Crippen LogP contribution in [-0.4, -0.2) is 49.3 Å². The van der Waals surface area contributed by atoms with E-state index in [1.54, 1.807) is 7.11 Å². The average Bonchev–Trinajstić information content (AvgIpc) is 3.55. The van der Waals surface area contributed by atoms with E-state index in [-0.39, 0.29) is 18.9 Å². The van der Waals surface area contributed by atoms with Crippen molar-refractivity contribution in [1.29, 1.82) is 0 Å². The van der Waals surface area contributed by atoms with Gasteiger partial charge >= 0.3 is 0 Å². The van der Waals surface area contributed by atoms with Crippen molar-refractivity contribution in [2.24, 2.45) is 4.99 Å². The second-order valence-corrected chi connectivity index (χ2v) is 12.9. The second-order valence-electron chi connectivity index (χ2n) is 12.0. The van der Waals surface area contributed by atoms with Gasteiger partial charge in [-0.25, -0.2) is 10.4 Å². The minimum Gasteiger partial charge on any atom is -0.497 e. The molecule has 6 rings (SSSR count). The Morgan fingerprint density at radius 3 is 2.32 bits per heavy atom. The van der Waals surface area contributed by atoms with Crippen LogP contribution < -0.4 is 20.3 Å². The number of hydrazine groups is 1. The predicted molar refractivity (Wildman–Crippen MR) is 199 cm³/mol. The number of carbonyl (C=O) groups excluding carboxylic acids is 1. The van der Waals surface area contributed by atoms with Gasteiger partial charge < -0.3 is 19.3 Å². The Bertz CT molecular complexity index is 1900. The molecule has 0 aliphatic carbocycles. The van der Waals surface area contributed by atoms with Gasteiger partial charge in [0.25, 0.3) is 5.91 Å². The summed E-state index contributed by atoms with van der Waals surface area (Å²) in [5, 5.41) is 9.12. The average molecular weight is 735 g/mol. The Kier molecular flexibility index (Phi) is 11.6. The first-order valence-electron chi connectivity index (χ1n) is 16.6. The van der Waals surface area contributed by atoms with E-state index in [9.17, 15) is 4.79 Å². The molecule has 0 saturated carbocycles. The summed E-state index contributed by atoms with van der Waals surface area (Å²) in [5.41, 5.74) is 10.5. The van der Waals surface area contributed by atoms with Crippen LogP contribution >= 0.6 is 15.9 Å². The topological polar surface area (TPSA) is 101 Å². The number of halogens is 1. The summed E-state index contributed by atoms with van der Waals surface area (Å²) >= 11 is 3.71. The van der Waals surface area contributed by atoms with Crippen molar-refractivity contribution in [3.63, 3.8) is 0 Å². The van der Waals surface area contributed by atoms with Crippen LogP contribution in [0.5, 0.6) is 11.5 Å². The van der Waals surface area contributed by atoms with Gasteiger partial charge in [-0.3, -0.25) is 10.2 Å². The minimum absolute atomic E-state index is 0.0635. The van der Waals surface area contributed by atoms with E-state index in [0.717, 1.165) is 43.6 Å². The number of aliphatic imine (C=N–C) groups is 1. The number of nitrogens with one attached hydrogen (secondary N) is 2.